The van der Waals surface area contributed by atoms with Crippen LogP contribution in [0.3, 0.4) is 0 Å². The topological polar surface area (TPSA) is 52.9 Å². The number of rotatable bonds is 5. The summed E-state index contributed by atoms with van der Waals surface area (Å²) < 4.78 is 0. The minimum absolute atomic E-state index is 0.300. The highest BCUT2D eigenvalue weighted by molar-refractivity contribution is 8.01. The molecule has 0 amide bonds. The van der Waals surface area contributed by atoms with E-state index in [0.717, 1.165) is 24.2 Å². The van der Waals surface area contributed by atoms with Crippen LogP contribution in [0.25, 0.3) is 0 Å². The number of hydrogen-bond acceptors (Lipinski definition) is 4. The molecule has 3 heterocycles. The smallest absolute Gasteiger partial charge is 0.129 e. The highest BCUT2D eigenvalue weighted by Gasteiger charge is 2.28. The summed E-state index contributed by atoms with van der Waals surface area (Å²) in [4.78, 5) is 10.4. The monoisotopic (exact) mass is 366 g/mol. The summed E-state index contributed by atoms with van der Waals surface area (Å²) in [6.07, 6.45) is 5.49. The van der Waals surface area contributed by atoms with E-state index in [1.165, 1.54) is 5.56 Å². The Labute approximate surface area is 149 Å². The maximum absolute atomic E-state index is 8.17. The summed E-state index contributed by atoms with van der Waals surface area (Å²) >= 11 is 13.5. The molecular formula is C16H16Cl2N4S. The Bertz CT molecular complexity index is 675. The molecule has 1 fully saturated rings. The van der Waals surface area contributed by atoms with Crippen LogP contribution in [0, 0.1) is 5.41 Å². The molecule has 2 aromatic rings. The van der Waals surface area contributed by atoms with Gasteiger partial charge in [0.05, 0.1) is 11.1 Å². The van der Waals surface area contributed by atoms with Gasteiger partial charge in [-0.1, -0.05) is 35.3 Å². The van der Waals surface area contributed by atoms with E-state index in [0.29, 0.717) is 28.1 Å². The summed E-state index contributed by atoms with van der Waals surface area (Å²) in [5.74, 6) is 1.43. The van der Waals surface area contributed by atoms with E-state index in [2.05, 4.69) is 14.9 Å². The number of hydrogen-bond donors (Lipinski definition) is 1. The molecule has 1 unspecified atom stereocenters. The Morgan fingerprint density at radius 3 is 2.35 bits per heavy atom. The highest BCUT2D eigenvalue weighted by Crippen LogP contribution is 2.30. The number of nitrogens with one attached hydrogen (secondary N) is 1. The summed E-state index contributed by atoms with van der Waals surface area (Å²) in [6.45, 7) is 0.694. The lowest BCUT2D eigenvalue weighted by atomic mass is 10.1. The number of amidine groups is 1. The van der Waals surface area contributed by atoms with Crippen LogP contribution in [0.15, 0.2) is 36.7 Å². The predicted molar refractivity (Wildman–Crippen MR) is 96.3 cm³/mol. The molecule has 3 rings (SSSR count). The molecule has 1 aliphatic rings. The minimum atomic E-state index is 0.300. The number of thioether (sulfide) groups is 1. The third kappa shape index (κ3) is 4.37. The van der Waals surface area contributed by atoms with E-state index in [1.54, 1.807) is 12.3 Å². The van der Waals surface area contributed by atoms with Crippen molar-refractivity contribution in [3.63, 3.8) is 0 Å². The molecule has 0 aromatic carbocycles. The normalized spacial score (nSPS) is 17.7. The zero-order chi connectivity index (χ0) is 16.2. The van der Waals surface area contributed by atoms with Gasteiger partial charge in [-0.2, -0.15) is 0 Å². The van der Waals surface area contributed by atoms with Crippen molar-refractivity contribution in [2.24, 2.45) is 0 Å². The maximum Gasteiger partial charge on any atom is 0.129 e. The first-order chi connectivity index (χ1) is 11.1. The summed E-state index contributed by atoms with van der Waals surface area (Å²) in [5, 5.41) is 9.48. The molecule has 7 heteroatoms. The van der Waals surface area contributed by atoms with Gasteiger partial charge in [0, 0.05) is 18.9 Å². The molecule has 1 atom stereocenters. The summed E-state index contributed by atoms with van der Waals surface area (Å²) in [6, 6.07) is 7.58. The van der Waals surface area contributed by atoms with Crippen molar-refractivity contribution < 1.29 is 0 Å². The standard InChI is InChI=1S/C16H16Cl2N4S/c17-13-4-1-11(7-20-13)3-6-16-22(15(19)10-23-16)9-12-2-5-14(18)21-8-12/h1-2,4-5,7-8,16,19H,3,6,9-10H2. The fraction of sp³-hybridized carbons (Fsp3) is 0.312. The van der Waals surface area contributed by atoms with Crippen molar-refractivity contribution in [2.45, 2.75) is 24.8 Å². The van der Waals surface area contributed by atoms with Crippen LogP contribution in [0.5, 0.6) is 0 Å². The molecular weight excluding hydrogens is 351 g/mol. The fourth-order valence-electron chi connectivity index (χ4n) is 2.50. The molecule has 0 spiro atoms. The van der Waals surface area contributed by atoms with Crippen LogP contribution in [0.4, 0.5) is 0 Å². The molecule has 1 saturated heterocycles. The van der Waals surface area contributed by atoms with Gasteiger partial charge in [0.1, 0.15) is 16.1 Å². The number of pyridine rings is 2. The van der Waals surface area contributed by atoms with Gasteiger partial charge in [-0.15, -0.1) is 11.8 Å². The number of aromatic nitrogens is 2. The van der Waals surface area contributed by atoms with Crippen LogP contribution in [0.2, 0.25) is 10.3 Å². The highest BCUT2D eigenvalue weighted by atomic mass is 35.5. The van der Waals surface area contributed by atoms with Crippen molar-refractivity contribution in [3.8, 4) is 0 Å². The van der Waals surface area contributed by atoms with E-state index in [9.17, 15) is 0 Å². The molecule has 0 radical (unpaired) electrons. The Balaban J connectivity index is 1.62. The van der Waals surface area contributed by atoms with E-state index in [4.69, 9.17) is 28.6 Å². The van der Waals surface area contributed by atoms with Crippen molar-refractivity contribution >= 4 is 40.8 Å². The summed E-state index contributed by atoms with van der Waals surface area (Å²) in [7, 11) is 0. The van der Waals surface area contributed by atoms with Crippen LogP contribution < -0.4 is 0 Å². The van der Waals surface area contributed by atoms with E-state index in [-0.39, 0.29) is 0 Å². The average Bonchev–Trinajstić information content (AvgIpc) is 2.89. The van der Waals surface area contributed by atoms with Gasteiger partial charge < -0.3 is 4.90 Å². The van der Waals surface area contributed by atoms with Gasteiger partial charge >= 0.3 is 0 Å². The van der Waals surface area contributed by atoms with Crippen LogP contribution >= 0.6 is 35.0 Å². The number of nitrogens with zero attached hydrogens (tertiary/aromatic N) is 3. The third-order valence-electron chi connectivity index (χ3n) is 3.72. The van der Waals surface area contributed by atoms with E-state index >= 15 is 0 Å². The maximum atomic E-state index is 8.17. The van der Waals surface area contributed by atoms with Crippen molar-refractivity contribution in [1.29, 1.82) is 5.41 Å². The van der Waals surface area contributed by atoms with Crippen molar-refractivity contribution in [3.05, 3.63) is 58.1 Å². The minimum Gasteiger partial charge on any atom is -0.343 e. The van der Waals surface area contributed by atoms with E-state index < -0.39 is 0 Å². The van der Waals surface area contributed by atoms with Gasteiger partial charge in [0.25, 0.3) is 0 Å². The molecule has 120 valence electrons. The van der Waals surface area contributed by atoms with Crippen LogP contribution in [-0.2, 0) is 13.0 Å². The zero-order valence-corrected chi connectivity index (χ0v) is 14.7. The predicted octanol–water partition coefficient (Wildman–Crippen LogP) is 4.27. The van der Waals surface area contributed by atoms with Gasteiger partial charge in [-0.3, -0.25) is 5.41 Å². The number of aryl methyl sites for hydroxylation is 1. The van der Waals surface area contributed by atoms with Crippen LogP contribution in [-0.4, -0.2) is 31.8 Å². The Kier molecular flexibility index (Phi) is 5.41. The molecule has 0 aliphatic carbocycles. The quantitative estimate of drug-likeness (QED) is 0.802. The van der Waals surface area contributed by atoms with Gasteiger partial charge in [-0.05, 0) is 36.1 Å². The lowest BCUT2D eigenvalue weighted by molar-refractivity contribution is 0.379. The Hall–Kier alpha value is -1.30. The first kappa shape index (κ1) is 16.6. The largest absolute Gasteiger partial charge is 0.343 e. The fourth-order valence-corrected chi connectivity index (χ4v) is 3.91. The second-order valence-corrected chi connectivity index (χ2v) is 7.30. The second-order valence-electron chi connectivity index (χ2n) is 5.36. The van der Waals surface area contributed by atoms with Gasteiger partial charge in [0.15, 0.2) is 0 Å². The molecule has 23 heavy (non-hydrogen) atoms. The Morgan fingerprint density at radius 2 is 1.74 bits per heavy atom. The third-order valence-corrected chi connectivity index (χ3v) is 5.48. The van der Waals surface area contributed by atoms with Gasteiger partial charge in [0.2, 0.25) is 0 Å². The van der Waals surface area contributed by atoms with E-state index in [1.807, 2.05) is 36.2 Å². The zero-order valence-electron chi connectivity index (χ0n) is 12.4. The molecule has 1 N–H and O–H groups in total. The number of halogens is 2. The average molecular weight is 367 g/mol. The van der Waals surface area contributed by atoms with Crippen LogP contribution in [0.1, 0.15) is 17.5 Å². The molecule has 0 bridgehead atoms. The lowest BCUT2D eigenvalue weighted by Gasteiger charge is -2.25. The first-order valence-electron chi connectivity index (χ1n) is 7.28. The van der Waals surface area contributed by atoms with Crippen molar-refractivity contribution in [2.75, 3.05) is 5.75 Å². The molecule has 2 aromatic heterocycles. The van der Waals surface area contributed by atoms with Crippen molar-refractivity contribution in [1.82, 2.24) is 14.9 Å². The molecule has 1 aliphatic heterocycles. The first-order valence-corrected chi connectivity index (χ1v) is 9.09. The van der Waals surface area contributed by atoms with Gasteiger partial charge in [-0.25, -0.2) is 9.97 Å². The molecule has 4 nitrogen and oxygen atoms in total. The lowest BCUT2D eigenvalue weighted by Crippen LogP contribution is -2.32. The Morgan fingerprint density at radius 1 is 1.09 bits per heavy atom. The molecule has 0 saturated carbocycles. The second kappa shape index (κ2) is 7.51. The SMILES string of the molecule is N=C1CSC(CCc2ccc(Cl)nc2)N1Cc1ccc(Cl)nc1. The summed E-state index contributed by atoms with van der Waals surface area (Å²) in [5.41, 5.74) is 2.24.